The van der Waals surface area contributed by atoms with Crippen LogP contribution in [0.4, 0.5) is 14.7 Å². The van der Waals surface area contributed by atoms with Gasteiger partial charge in [0.05, 0.1) is 0 Å². The highest BCUT2D eigenvalue weighted by Gasteiger charge is 2.10. The Kier molecular flexibility index (Phi) is 3.96. The molecular weight excluding hydrogens is 230 g/mol. The van der Waals surface area contributed by atoms with Crippen LogP contribution in [0.5, 0.6) is 6.01 Å². The first-order valence-corrected chi connectivity index (χ1v) is 4.36. The second-order valence-corrected chi connectivity index (χ2v) is 3.12. The lowest BCUT2D eigenvalue weighted by Gasteiger charge is -2.10. The molecule has 0 aliphatic carbocycles. The predicted molar refractivity (Wildman–Crippen MR) is 50.7 cm³/mol. The SMILES string of the molecule is CN(C)c1nc(Cl)nc(OCC(F)F)n1. The van der Waals surface area contributed by atoms with Gasteiger partial charge in [-0.1, -0.05) is 0 Å². The molecule has 1 rings (SSSR count). The van der Waals surface area contributed by atoms with Crippen LogP contribution in [0.15, 0.2) is 0 Å². The molecule has 0 amide bonds. The van der Waals surface area contributed by atoms with E-state index in [-0.39, 0.29) is 17.2 Å². The van der Waals surface area contributed by atoms with Crippen LogP contribution in [-0.4, -0.2) is 42.1 Å². The van der Waals surface area contributed by atoms with Crippen molar-refractivity contribution in [3.8, 4) is 6.01 Å². The van der Waals surface area contributed by atoms with Gasteiger partial charge in [-0.05, 0) is 11.6 Å². The molecule has 0 spiro atoms. The van der Waals surface area contributed by atoms with Crippen LogP contribution in [0, 0.1) is 0 Å². The van der Waals surface area contributed by atoms with Crippen molar-refractivity contribution in [2.45, 2.75) is 6.43 Å². The van der Waals surface area contributed by atoms with Crippen molar-refractivity contribution in [2.75, 3.05) is 25.6 Å². The number of nitrogens with zero attached hydrogens (tertiary/aromatic N) is 4. The molecule has 5 nitrogen and oxygen atoms in total. The maximum absolute atomic E-state index is 11.8. The zero-order valence-corrected chi connectivity index (χ0v) is 8.87. The van der Waals surface area contributed by atoms with E-state index < -0.39 is 13.0 Å². The van der Waals surface area contributed by atoms with Gasteiger partial charge >= 0.3 is 6.01 Å². The summed E-state index contributed by atoms with van der Waals surface area (Å²) in [5.74, 6) is 0.249. The molecule has 1 heterocycles. The van der Waals surface area contributed by atoms with Gasteiger partial charge in [0.15, 0.2) is 6.61 Å². The summed E-state index contributed by atoms with van der Waals surface area (Å²) in [5, 5.41) is -0.0991. The second kappa shape index (κ2) is 5.01. The Morgan fingerprint density at radius 2 is 2.00 bits per heavy atom. The highest BCUT2D eigenvalue weighted by atomic mass is 35.5. The fraction of sp³-hybridized carbons (Fsp3) is 0.571. The van der Waals surface area contributed by atoms with Crippen molar-refractivity contribution < 1.29 is 13.5 Å². The predicted octanol–water partition coefficient (Wildman–Crippen LogP) is 1.23. The van der Waals surface area contributed by atoms with Crippen molar-refractivity contribution in [1.82, 2.24) is 15.0 Å². The summed E-state index contributed by atoms with van der Waals surface area (Å²) in [4.78, 5) is 12.6. The minimum atomic E-state index is -2.58. The van der Waals surface area contributed by atoms with Crippen LogP contribution in [0.2, 0.25) is 5.28 Å². The lowest BCUT2D eigenvalue weighted by atomic mass is 10.7. The number of hydrogen-bond donors (Lipinski definition) is 0. The molecular formula is C7H9ClF2N4O. The highest BCUT2D eigenvalue weighted by Crippen LogP contribution is 2.13. The lowest BCUT2D eigenvalue weighted by molar-refractivity contribution is 0.0769. The summed E-state index contributed by atoms with van der Waals surface area (Å²) < 4.78 is 28.3. The average molecular weight is 239 g/mol. The van der Waals surface area contributed by atoms with Crippen LogP contribution in [0.1, 0.15) is 0 Å². The van der Waals surface area contributed by atoms with Crippen LogP contribution in [0.3, 0.4) is 0 Å². The number of rotatable bonds is 4. The van der Waals surface area contributed by atoms with E-state index in [1.165, 1.54) is 0 Å². The van der Waals surface area contributed by atoms with Crippen molar-refractivity contribution in [2.24, 2.45) is 0 Å². The first-order chi connectivity index (χ1) is 6.99. The quantitative estimate of drug-likeness (QED) is 0.790. The van der Waals surface area contributed by atoms with Crippen molar-refractivity contribution in [1.29, 1.82) is 0 Å². The first-order valence-electron chi connectivity index (χ1n) is 3.99. The number of anilines is 1. The monoisotopic (exact) mass is 238 g/mol. The fourth-order valence-corrected chi connectivity index (χ4v) is 0.872. The number of hydrogen-bond acceptors (Lipinski definition) is 5. The molecule has 1 aromatic rings. The smallest absolute Gasteiger partial charge is 0.322 e. The third-order valence-electron chi connectivity index (χ3n) is 1.31. The molecule has 8 heteroatoms. The van der Waals surface area contributed by atoms with Gasteiger partial charge in [-0.3, -0.25) is 0 Å². The zero-order valence-electron chi connectivity index (χ0n) is 8.12. The Morgan fingerprint density at radius 1 is 1.33 bits per heavy atom. The van der Waals surface area contributed by atoms with Gasteiger partial charge in [-0.25, -0.2) is 8.78 Å². The van der Waals surface area contributed by atoms with Crippen LogP contribution >= 0.6 is 11.6 Å². The molecule has 0 aliphatic heterocycles. The molecule has 0 unspecified atom stereocenters. The summed E-state index contributed by atoms with van der Waals surface area (Å²) >= 11 is 5.55. The number of halogens is 3. The lowest BCUT2D eigenvalue weighted by Crippen LogP contribution is -2.15. The Bertz CT molecular complexity index is 337. The summed E-state index contributed by atoms with van der Waals surface area (Å²) in [5.41, 5.74) is 0. The van der Waals surface area contributed by atoms with Crippen molar-refractivity contribution in [3.05, 3.63) is 5.28 Å². The third kappa shape index (κ3) is 3.78. The largest absolute Gasteiger partial charge is 0.457 e. The van der Waals surface area contributed by atoms with E-state index in [0.29, 0.717) is 0 Å². The van der Waals surface area contributed by atoms with Gasteiger partial charge in [0.25, 0.3) is 6.43 Å². The average Bonchev–Trinajstić information content (AvgIpc) is 2.13. The summed E-state index contributed by atoms with van der Waals surface area (Å²) in [6.45, 7) is -0.771. The molecule has 0 aliphatic rings. The molecule has 0 fully saturated rings. The number of ether oxygens (including phenoxy) is 1. The minimum absolute atomic E-state index is 0.0991. The van der Waals surface area contributed by atoms with Gasteiger partial charge in [-0.2, -0.15) is 15.0 Å². The van der Waals surface area contributed by atoms with Gasteiger partial charge in [-0.15, -0.1) is 0 Å². The van der Waals surface area contributed by atoms with Crippen molar-refractivity contribution in [3.63, 3.8) is 0 Å². The van der Waals surface area contributed by atoms with Gasteiger partial charge in [0.2, 0.25) is 11.2 Å². The van der Waals surface area contributed by atoms with Crippen molar-refractivity contribution >= 4 is 17.5 Å². The molecule has 0 radical (unpaired) electrons. The molecule has 1 aromatic heterocycles. The Labute approximate surface area is 90.1 Å². The molecule has 0 saturated carbocycles. The van der Waals surface area contributed by atoms with Crippen LogP contribution in [-0.2, 0) is 0 Å². The van der Waals surface area contributed by atoms with E-state index in [9.17, 15) is 8.78 Å². The minimum Gasteiger partial charge on any atom is -0.457 e. The topological polar surface area (TPSA) is 51.1 Å². The van der Waals surface area contributed by atoms with E-state index >= 15 is 0 Å². The molecule has 0 aromatic carbocycles. The number of alkyl halides is 2. The maximum atomic E-state index is 11.8. The van der Waals surface area contributed by atoms with E-state index in [2.05, 4.69) is 19.7 Å². The molecule has 0 atom stereocenters. The normalized spacial score (nSPS) is 10.5. The molecule has 0 N–H and O–H groups in total. The summed E-state index contributed by atoms with van der Waals surface area (Å²) in [6.07, 6.45) is -2.58. The summed E-state index contributed by atoms with van der Waals surface area (Å²) in [6, 6.07) is -0.209. The molecule has 0 bridgehead atoms. The number of aromatic nitrogens is 3. The van der Waals surface area contributed by atoms with Gasteiger partial charge in [0.1, 0.15) is 0 Å². The molecule has 0 saturated heterocycles. The van der Waals surface area contributed by atoms with Crippen LogP contribution in [0.25, 0.3) is 0 Å². The van der Waals surface area contributed by atoms with Gasteiger partial charge in [0, 0.05) is 14.1 Å². The van der Waals surface area contributed by atoms with E-state index in [0.717, 1.165) is 0 Å². The maximum Gasteiger partial charge on any atom is 0.322 e. The van der Waals surface area contributed by atoms with E-state index in [4.69, 9.17) is 11.6 Å². The zero-order chi connectivity index (χ0) is 11.4. The first kappa shape index (κ1) is 11.8. The second-order valence-electron chi connectivity index (χ2n) is 2.78. The van der Waals surface area contributed by atoms with E-state index in [1.54, 1.807) is 19.0 Å². The summed E-state index contributed by atoms with van der Waals surface area (Å²) in [7, 11) is 3.37. The molecule has 15 heavy (non-hydrogen) atoms. The van der Waals surface area contributed by atoms with Crippen LogP contribution < -0.4 is 9.64 Å². The Balaban J connectivity index is 2.79. The fourth-order valence-electron chi connectivity index (χ4n) is 0.724. The van der Waals surface area contributed by atoms with Gasteiger partial charge < -0.3 is 9.64 Å². The standard InChI is InChI=1S/C7H9ClF2N4O/c1-14(2)6-11-5(8)12-7(13-6)15-3-4(9)10/h4H,3H2,1-2H3. The molecule has 84 valence electrons. The third-order valence-corrected chi connectivity index (χ3v) is 1.48. The van der Waals surface area contributed by atoms with E-state index in [1.807, 2.05) is 0 Å². The highest BCUT2D eigenvalue weighted by molar-refractivity contribution is 6.28. The Hall–Kier alpha value is -1.24. The Morgan fingerprint density at radius 3 is 2.53 bits per heavy atom.